The third-order valence-corrected chi connectivity index (χ3v) is 7.39. The van der Waals surface area contributed by atoms with Gasteiger partial charge in [0.1, 0.15) is 0 Å². The Kier molecular flexibility index (Phi) is 5.83. The van der Waals surface area contributed by atoms with Crippen LogP contribution in [0.3, 0.4) is 0 Å². The fraction of sp³-hybridized carbons (Fsp3) is 0.400. The summed E-state index contributed by atoms with van der Waals surface area (Å²) in [6.07, 6.45) is 0. The van der Waals surface area contributed by atoms with Crippen molar-refractivity contribution in [2.45, 2.75) is 31.7 Å². The standard InChI is InChI=1S/C20H25N3O4S/c1-15-7-8-20(16(2)13-15)28(26,27)22-11-9-21(10-12-22)17(3)18-5-4-6-19(14-18)23(24)25/h4-8,13-14,17H,9-12H2,1-3H3. The summed E-state index contributed by atoms with van der Waals surface area (Å²) >= 11 is 0. The average Bonchev–Trinajstić information content (AvgIpc) is 2.67. The van der Waals surface area contributed by atoms with Crippen LogP contribution >= 0.6 is 0 Å². The summed E-state index contributed by atoms with van der Waals surface area (Å²) in [6, 6.07) is 12.0. The fourth-order valence-corrected chi connectivity index (χ4v) is 5.30. The quantitative estimate of drug-likeness (QED) is 0.565. The second-order valence-corrected chi connectivity index (χ2v) is 9.14. The van der Waals surface area contributed by atoms with E-state index in [1.165, 1.54) is 10.4 Å². The molecule has 0 aliphatic carbocycles. The number of rotatable bonds is 5. The first-order valence-corrected chi connectivity index (χ1v) is 10.7. The molecule has 0 amide bonds. The monoisotopic (exact) mass is 403 g/mol. The predicted molar refractivity (Wildman–Crippen MR) is 108 cm³/mol. The largest absolute Gasteiger partial charge is 0.294 e. The Morgan fingerprint density at radius 2 is 1.71 bits per heavy atom. The third-order valence-electron chi connectivity index (χ3n) is 5.33. The molecule has 0 saturated carbocycles. The van der Waals surface area contributed by atoms with Crippen LogP contribution in [0.1, 0.15) is 29.7 Å². The Labute approximate surface area is 165 Å². The van der Waals surface area contributed by atoms with Crippen LogP contribution in [0.25, 0.3) is 0 Å². The molecule has 0 aromatic heterocycles. The molecule has 8 heteroatoms. The summed E-state index contributed by atoms with van der Waals surface area (Å²) in [5.41, 5.74) is 2.72. The van der Waals surface area contributed by atoms with E-state index in [1.807, 2.05) is 39.0 Å². The van der Waals surface area contributed by atoms with Crippen molar-refractivity contribution >= 4 is 15.7 Å². The average molecular weight is 404 g/mol. The van der Waals surface area contributed by atoms with E-state index in [-0.39, 0.29) is 11.7 Å². The molecule has 1 heterocycles. The van der Waals surface area contributed by atoms with Gasteiger partial charge in [0, 0.05) is 44.4 Å². The predicted octanol–water partition coefficient (Wildman–Crippen LogP) is 3.28. The lowest BCUT2D eigenvalue weighted by Gasteiger charge is -2.37. The molecule has 0 N–H and O–H groups in total. The number of nitrogens with zero attached hydrogens (tertiary/aromatic N) is 3. The van der Waals surface area contributed by atoms with E-state index < -0.39 is 14.9 Å². The van der Waals surface area contributed by atoms with Gasteiger partial charge in [0.2, 0.25) is 10.0 Å². The zero-order valence-corrected chi connectivity index (χ0v) is 17.1. The molecule has 2 aromatic rings. The molecule has 0 bridgehead atoms. The highest BCUT2D eigenvalue weighted by Gasteiger charge is 2.31. The van der Waals surface area contributed by atoms with Crippen molar-refractivity contribution in [1.82, 2.24) is 9.21 Å². The summed E-state index contributed by atoms with van der Waals surface area (Å²) in [5.74, 6) is 0. The van der Waals surface area contributed by atoms with Gasteiger partial charge in [0.05, 0.1) is 9.82 Å². The SMILES string of the molecule is Cc1ccc(S(=O)(=O)N2CCN(C(C)c3cccc([N+](=O)[O-])c3)CC2)c(C)c1. The van der Waals surface area contributed by atoms with E-state index in [0.29, 0.717) is 31.1 Å². The maximum Gasteiger partial charge on any atom is 0.269 e. The Bertz CT molecular complexity index is 983. The first-order valence-electron chi connectivity index (χ1n) is 9.26. The van der Waals surface area contributed by atoms with E-state index >= 15 is 0 Å². The number of non-ortho nitro benzene ring substituents is 1. The minimum Gasteiger partial charge on any atom is -0.294 e. The summed E-state index contributed by atoms with van der Waals surface area (Å²) in [4.78, 5) is 13.1. The highest BCUT2D eigenvalue weighted by atomic mass is 32.2. The number of aryl methyl sites for hydroxylation is 2. The van der Waals surface area contributed by atoms with Crippen LogP contribution in [-0.2, 0) is 10.0 Å². The summed E-state index contributed by atoms with van der Waals surface area (Å²) in [5, 5.41) is 11.0. The second-order valence-electron chi connectivity index (χ2n) is 7.24. The van der Waals surface area contributed by atoms with E-state index in [1.54, 1.807) is 18.2 Å². The molecule has 7 nitrogen and oxygen atoms in total. The van der Waals surface area contributed by atoms with Crippen LogP contribution in [-0.4, -0.2) is 48.7 Å². The van der Waals surface area contributed by atoms with Crippen LogP contribution in [0.5, 0.6) is 0 Å². The van der Waals surface area contributed by atoms with Gasteiger partial charge in [-0.15, -0.1) is 0 Å². The molecule has 1 atom stereocenters. The van der Waals surface area contributed by atoms with Crippen molar-refractivity contribution in [3.8, 4) is 0 Å². The molecule has 0 spiro atoms. The molecule has 150 valence electrons. The van der Waals surface area contributed by atoms with Gasteiger partial charge in [-0.3, -0.25) is 15.0 Å². The van der Waals surface area contributed by atoms with Crippen LogP contribution in [0.15, 0.2) is 47.4 Å². The first kappa shape index (κ1) is 20.4. The number of benzene rings is 2. The fourth-order valence-electron chi connectivity index (χ4n) is 3.67. The lowest BCUT2D eigenvalue weighted by molar-refractivity contribution is -0.385. The maximum atomic E-state index is 13.0. The molecule has 1 aliphatic heterocycles. The van der Waals surface area contributed by atoms with Crippen molar-refractivity contribution < 1.29 is 13.3 Å². The summed E-state index contributed by atoms with van der Waals surface area (Å²) in [7, 11) is -3.52. The Morgan fingerprint density at radius 3 is 2.32 bits per heavy atom. The summed E-state index contributed by atoms with van der Waals surface area (Å²) < 4.78 is 27.6. The molecule has 1 unspecified atom stereocenters. The van der Waals surface area contributed by atoms with Crippen molar-refractivity contribution in [2.24, 2.45) is 0 Å². The molecule has 2 aromatic carbocycles. The normalized spacial score (nSPS) is 17.4. The number of nitro groups is 1. The van der Waals surface area contributed by atoms with Gasteiger partial charge in [0.25, 0.3) is 5.69 Å². The van der Waals surface area contributed by atoms with Crippen LogP contribution in [0.2, 0.25) is 0 Å². The second kappa shape index (κ2) is 7.98. The highest BCUT2D eigenvalue weighted by molar-refractivity contribution is 7.89. The Balaban J connectivity index is 1.71. The minimum atomic E-state index is -3.52. The molecule has 3 rings (SSSR count). The number of piperazine rings is 1. The topological polar surface area (TPSA) is 83.8 Å². The molecular formula is C20H25N3O4S. The molecule has 0 radical (unpaired) electrons. The minimum absolute atomic E-state index is 0.0223. The smallest absolute Gasteiger partial charge is 0.269 e. The number of hydrogen-bond acceptors (Lipinski definition) is 5. The number of nitro benzene ring substituents is 1. The van der Waals surface area contributed by atoms with Gasteiger partial charge >= 0.3 is 0 Å². The van der Waals surface area contributed by atoms with Crippen molar-refractivity contribution in [3.05, 3.63) is 69.3 Å². The highest BCUT2D eigenvalue weighted by Crippen LogP contribution is 2.27. The van der Waals surface area contributed by atoms with Gasteiger partial charge in [0.15, 0.2) is 0 Å². The third kappa shape index (κ3) is 4.09. The molecule has 1 saturated heterocycles. The zero-order chi connectivity index (χ0) is 20.5. The number of sulfonamides is 1. The van der Waals surface area contributed by atoms with Crippen LogP contribution in [0.4, 0.5) is 5.69 Å². The maximum absolute atomic E-state index is 13.0. The molecule has 1 fully saturated rings. The number of hydrogen-bond donors (Lipinski definition) is 0. The lowest BCUT2D eigenvalue weighted by Crippen LogP contribution is -2.49. The van der Waals surface area contributed by atoms with Crippen LogP contribution in [0, 0.1) is 24.0 Å². The van der Waals surface area contributed by atoms with Gasteiger partial charge in [-0.1, -0.05) is 29.8 Å². The van der Waals surface area contributed by atoms with Gasteiger partial charge in [-0.2, -0.15) is 4.31 Å². The van der Waals surface area contributed by atoms with Gasteiger partial charge in [-0.05, 0) is 38.0 Å². The summed E-state index contributed by atoms with van der Waals surface area (Å²) in [6.45, 7) is 7.71. The van der Waals surface area contributed by atoms with Crippen LogP contribution < -0.4 is 0 Å². The molecular weight excluding hydrogens is 378 g/mol. The van der Waals surface area contributed by atoms with E-state index in [9.17, 15) is 18.5 Å². The molecule has 1 aliphatic rings. The van der Waals surface area contributed by atoms with Crippen molar-refractivity contribution in [3.63, 3.8) is 0 Å². The van der Waals surface area contributed by atoms with Gasteiger partial charge < -0.3 is 0 Å². The Hall–Kier alpha value is -2.29. The Morgan fingerprint density at radius 1 is 1.04 bits per heavy atom. The first-order chi connectivity index (χ1) is 13.2. The van der Waals surface area contributed by atoms with E-state index in [0.717, 1.165) is 16.7 Å². The van der Waals surface area contributed by atoms with Crippen molar-refractivity contribution in [2.75, 3.05) is 26.2 Å². The molecule has 28 heavy (non-hydrogen) atoms. The van der Waals surface area contributed by atoms with Gasteiger partial charge in [-0.25, -0.2) is 8.42 Å². The van der Waals surface area contributed by atoms with Crippen molar-refractivity contribution in [1.29, 1.82) is 0 Å². The van der Waals surface area contributed by atoms with E-state index in [2.05, 4.69) is 4.90 Å². The zero-order valence-electron chi connectivity index (χ0n) is 16.3. The van der Waals surface area contributed by atoms with E-state index in [4.69, 9.17) is 0 Å². The lowest BCUT2D eigenvalue weighted by atomic mass is 10.1.